The van der Waals surface area contributed by atoms with Crippen LogP contribution in [-0.2, 0) is 16.0 Å². The summed E-state index contributed by atoms with van der Waals surface area (Å²) in [4.78, 5) is 33.5. The Morgan fingerprint density at radius 2 is 1.77 bits per heavy atom. The van der Waals surface area contributed by atoms with E-state index < -0.39 is 11.9 Å². The fraction of sp³-hybridized carbons (Fsp3) is 0.231. The summed E-state index contributed by atoms with van der Waals surface area (Å²) < 4.78 is 18.9. The van der Waals surface area contributed by atoms with E-state index in [1.807, 2.05) is 19.1 Å². The van der Waals surface area contributed by atoms with Crippen LogP contribution >= 0.6 is 12.2 Å². The van der Waals surface area contributed by atoms with Gasteiger partial charge in [-0.25, -0.2) is 4.39 Å². The summed E-state index contributed by atoms with van der Waals surface area (Å²) in [5, 5.41) is 3.12. The van der Waals surface area contributed by atoms with Crippen LogP contribution in [0.3, 0.4) is 0 Å². The van der Waals surface area contributed by atoms with Gasteiger partial charge in [-0.2, -0.15) is 0 Å². The summed E-state index contributed by atoms with van der Waals surface area (Å²) in [6.45, 7) is 2.89. The van der Waals surface area contributed by atoms with Gasteiger partial charge in [-0.05, 0) is 91.8 Å². The van der Waals surface area contributed by atoms with Crippen molar-refractivity contribution in [3.63, 3.8) is 0 Å². The van der Waals surface area contributed by atoms with Crippen LogP contribution < -0.4 is 15.0 Å². The molecule has 2 heterocycles. The largest absolute Gasteiger partial charge is 0.494 e. The molecule has 1 aliphatic heterocycles. The van der Waals surface area contributed by atoms with Crippen molar-refractivity contribution in [1.82, 2.24) is 9.88 Å². The zero-order chi connectivity index (χ0) is 24.8. The summed E-state index contributed by atoms with van der Waals surface area (Å²) in [5.74, 6) is -0.338. The van der Waals surface area contributed by atoms with E-state index >= 15 is 0 Å². The maximum absolute atomic E-state index is 13.5. The number of aromatic nitrogens is 1. The number of hydrogen-bond acceptors (Lipinski definition) is 5. The molecule has 0 spiro atoms. The first-order valence-corrected chi connectivity index (χ1v) is 11.7. The Morgan fingerprint density at radius 3 is 2.43 bits per heavy atom. The molecule has 0 aliphatic carbocycles. The molecule has 2 amide bonds. The fourth-order valence-corrected chi connectivity index (χ4v) is 4.32. The Hall–Kier alpha value is -3.85. The normalized spacial score (nSPS) is 15.4. The van der Waals surface area contributed by atoms with Crippen LogP contribution in [0.2, 0.25) is 0 Å². The van der Waals surface area contributed by atoms with Gasteiger partial charge in [0.25, 0.3) is 5.91 Å². The number of pyridine rings is 1. The number of halogens is 1. The zero-order valence-electron chi connectivity index (χ0n) is 19.2. The summed E-state index contributed by atoms with van der Waals surface area (Å²) in [5.41, 5.74) is 2.10. The van der Waals surface area contributed by atoms with Crippen LogP contribution in [-0.4, -0.2) is 46.0 Å². The topological polar surface area (TPSA) is 74.8 Å². The number of amides is 2. The molecule has 0 bridgehead atoms. The third-order valence-corrected chi connectivity index (χ3v) is 6.04. The highest BCUT2D eigenvalue weighted by Crippen LogP contribution is 2.28. The van der Waals surface area contributed by atoms with Gasteiger partial charge in [-0.15, -0.1) is 0 Å². The van der Waals surface area contributed by atoms with Crippen LogP contribution in [0, 0.1) is 5.82 Å². The number of nitrogens with one attached hydrogen (secondary N) is 1. The predicted molar refractivity (Wildman–Crippen MR) is 136 cm³/mol. The Labute approximate surface area is 208 Å². The van der Waals surface area contributed by atoms with Gasteiger partial charge in [-0.1, -0.05) is 0 Å². The number of hydrogen-bond donors (Lipinski definition) is 1. The molecule has 1 fully saturated rings. The Morgan fingerprint density at radius 1 is 1.09 bits per heavy atom. The smallest absolute Gasteiger partial charge is 0.256 e. The Balaban J connectivity index is 1.52. The monoisotopic (exact) mass is 492 g/mol. The van der Waals surface area contributed by atoms with E-state index in [9.17, 15) is 14.0 Å². The minimum Gasteiger partial charge on any atom is -0.494 e. The summed E-state index contributed by atoms with van der Waals surface area (Å²) in [7, 11) is 0. The average molecular weight is 493 g/mol. The highest BCUT2D eigenvalue weighted by molar-refractivity contribution is 7.80. The van der Waals surface area contributed by atoms with E-state index in [-0.39, 0.29) is 23.3 Å². The number of rotatable bonds is 9. The second-order valence-electron chi connectivity index (χ2n) is 7.96. The van der Waals surface area contributed by atoms with Crippen LogP contribution in [0.25, 0.3) is 0 Å². The van der Waals surface area contributed by atoms with E-state index in [0.717, 1.165) is 5.56 Å². The second-order valence-corrected chi connectivity index (χ2v) is 8.32. The molecule has 4 rings (SSSR count). The lowest BCUT2D eigenvalue weighted by Gasteiger charge is -2.24. The summed E-state index contributed by atoms with van der Waals surface area (Å²) in [6, 6.07) is 15.6. The van der Waals surface area contributed by atoms with Crippen molar-refractivity contribution >= 4 is 40.5 Å². The summed E-state index contributed by atoms with van der Waals surface area (Å²) >= 11 is 5.65. The Kier molecular flexibility index (Phi) is 7.67. The van der Waals surface area contributed by atoms with Crippen LogP contribution in [0.15, 0.2) is 73.1 Å². The molecule has 1 aromatic heterocycles. The molecular formula is C26H25FN4O3S. The minimum absolute atomic E-state index is 0.0831. The molecule has 1 saturated heterocycles. The lowest BCUT2D eigenvalue weighted by molar-refractivity contribution is -0.124. The molecule has 3 aromatic rings. The maximum atomic E-state index is 13.5. The van der Waals surface area contributed by atoms with Gasteiger partial charge < -0.3 is 15.0 Å². The van der Waals surface area contributed by atoms with Gasteiger partial charge in [-0.3, -0.25) is 19.5 Å². The number of benzene rings is 2. The van der Waals surface area contributed by atoms with Gasteiger partial charge in [0.15, 0.2) is 5.11 Å². The standard InChI is InChI=1S/C26H25FN4O3S/c1-2-34-22-9-5-20(6-10-22)29-24(32)17-23-25(33)31(21-7-3-19(27)4-8-21)26(35)30(23)16-13-18-11-14-28-15-12-18/h3-12,14-15,23H,2,13,16-17H2,1H3,(H,29,32)/t23-/m1/s1. The molecule has 0 unspecified atom stereocenters. The lowest BCUT2D eigenvalue weighted by atomic mass is 10.1. The number of carbonyl (C=O) groups excluding carboxylic acids is 2. The molecule has 2 aromatic carbocycles. The first kappa shape index (κ1) is 24.3. The van der Waals surface area contributed by atoms with Gasteiger partial charge in [0.05, 0.1) is 18.7 Å². The molecule has 0 saturated carbocycles. The van der Waals surface area contributed by atoms with Gasteiger partial charge in [0, 0.05) is 24.6 Å². The SMILES string of the molecule is CCOc1ccc(NC(=O)C[C@@H]2C(=O)N(c3ccc(F)cc3)C(=S)N2CCc2ccncc2)cc1. The number of ether oxygens (including phenoxy) is 1. The number of anilines is 2. The molecule has 1 N–H and O–H groups in total. The van der Waals surface area contributed by atoms with Crippen LogP contribution in [0.5, 0.6) is 5.75 Å². The molecule has 180 valence electrons. The van der Waals surface area contributed by atoms with E-state index in [2.05, 4.69) is 10.3 Å². The molecular weight excluding hydrogens is 467 g/mol. The fourth-order valence-electron chi connectivity index (χ4n) is 3.90. The molecule has 7 nitrogen and oxygen atoms in total. The molecule has 0 radical (unpaired) electrons. The Bertz CT molecular complexity index is 1190. The van der Waals surface area contributed by atoms with E-state index in [4.69, 9.17) is 17.0 Å². The average Bonchev–Trinajstić information content (AvgIpc) is 3.09. The molecule has 1 aliphatic rings. The van der Waals surface area contributed by atoms with Crippen molar-refractivity contribution < 1.29 is 18.7 Å². The van der Waals surface area contributed by atoms with E-state index in [0.29, 0.717) is 36.7 Å². The highest BCUT2D eigenvalue weighted by atomic mass is 32.1. The highest BCUT2D eigenvalue weighted by Gasteiger charge is 2.43. The van der Waals surface area contributed by atoms with Crippen molar-refractivity contribution in [2.24, 2.45) is 0 Å². The first-order valence-electron chi connectivity index (χ1n) is 11.3. The van der Waals surface area contributed by atoms with Gasteiger partial charge in [0.2, 0.25) is 5.91 Å². The van der Waals surface area contributed by atoms with Crippen molar-refractivity contribution in [2.45, 2.75) is 25.8 Å². The van der Waals surface area contributed by atoms with Gasteiger partial charge >= 0.3 is 0 Å². The molecule has 9 heteroatoms. The van der Waals surface area contributed by atoms with Crippen molar-refractivity contribution in [1.29, 1.82) is 0 Å². The van der Waals surface area contributed by atoms with Gasteiger partial charge in [0.1, 0.15) is 17.6 Å². The zero-order valence-corrected chi connectivity index (χ0v) is 20.0. The van der Waals surface area contributed by atoms with Crippen molar-refractivity contribution in [3.05, 3.63) is 84.4 Å². The maximum Gasteiger partial charge on any atom is 0.256 e. The lowest BCUT2D eigenvalue weighted by Crippen LogP contribution is -2.39. The summed E-state index contributed by atoms with van der Waals surface area (Å²) in [6.07, 6.45) is 3.94. The van der Waals surface area contributed by atoms with Crippen molar-refractivity contribution in [2.75, 3.05) is 23.4 Å². The molecule has 35 heavy (non-hydrogen) atoms. The predicted octanol–water partition coefficient (Wildman–Crippen LogP) is 4.19. The molecule has 1 atom stereocenters. The van der Waals surface area contributed by atoms with E-state index in [1.54, 1.807) is 41.6 Å². The van der Waals surface area contributed by atoms with E-state index in [1.165, 1.54) is 29.2 Å². The quantitative estimate of drug-likeness (QED) is 0.452. The van der Waals surface area contributed by atoms with Crippen LogP contribution in [0.1, 0.15) is 18.9 Å². The third-order valence-electron chi connectivity index (χ3n) is 5.62. The van der Waals surface area contributed by atoms with Crippen molar-refractivity contribution in [3.8, 4) is 5.75 Å². The van der Waals surface area contributed by atoms with Crippen LogP contribution in [0.4, 0.5) is 15.8 Å². The third kappa shape index (κ3) is 5.81. The number of carbonyl (C=O) groups is 2. The number of thiocarbonyl (C=S) groups is 1. The minimum atomic E-state index is -0.780. The second kappa shape index (κ2) is 11.1. The first-order chi connectivity index (χ1) is 17.0. The number of nitrogens with zero attached hydrogens (tertiary/aromatic N) is 3.